The van der Waals surface area contributed by atoms with Crippen LogP contribution in [0.2, 0.25) is 0 Å². The van der Waals surface area contributed by atoms with E-state index < -0.39 is 23.7 Å². The van der Waals surface area contributed by atoms with Gasteiger partial charge in [-0.05, 0) is 30.3 Å². The third kappa shape index (κ3) is 3.56. The van der Waals surface area contributed by atoms with Crippen molar-refractivity contribution in [3.8, 4) is 5.75 Å². The van der Waals surface area contributed by atoms with Crippen molar-refractivity contribution < 1.29 is 24.6 Å². The van der Waals surface area contributed by atoms with Crippen LogP contribution in [0.25, 0.3) is 11.0 Å². The number of phenols is 1. The Labute approximate surface area is 146 Å². The summed E-state index contributed by atoms with van der Waals surface area (Å²) in [5, 5.41) is 22.9. The van der Waals surface area contributed by atoms with E-state index in [4.69, 9.17) is 5.11 Å². The highest BCUT2D eigenvalue weighted by Crippen LogP contribution is 2.21. The molecule has 0 saturated carbocycles. The second-order valence-electron chi connectivity index (χ2n) is 5.21. The quantitative estimate of drug-likeness (QED) is 0.565. The van der Waals surface area contributed by atoms with E-state index in [-0.39, 0.29) is 16.8 Å². The van der Waals surface area contributed by atoms with Crippen LogP contribution >= 0.6 is 0 Å². The summed E-state index contributed by atoms with van der Waals surface area (Å²) < 4.78 is 0. The van der Waals surface area contributed by atoms with Crippen LogP contribution in [-0.4, -0.2) is 38.1 Å². The summed E-state index contributed by atoms with van der Waals surface area (Å²) in [5.41, 5.74) is 1.17. The molecule has 0 aliphatic carbocycles. The normalized spacial score (nSPS) is 10.3. The molecule has 130 valence electrons. The summed E-state index contributed by atoms with van der Waals surface area (Å²) in [5.74, 6) is -2.45. The number of imide groups is 1. The van der Waals surface area contributed by atoms with E-state index in [1.165, 1.54) is 30.6 Å². The second-order valence-corrected chi connectivity index (χ2v) is 5.21. The van der Waals surface area contributed by atoms with Gasteiger partial charge in [0.1, 0.15) is 11.3 Å². The first-order valence-corrected chi connectivity index (χ1v) is 7.33. The van der Waals surface area contributed by atoms with Crippen LogP contribution in [0, 0.1) is 0 Å². The topological polar surface area (TPSA) is 142 Å². The molecule has 3 aromatic rings. The van der Waals surface area contributed by atoms with Gasteiger partial charge in [0.2, 0.25) is 0 Å². The van der Waals surface area contributed by atoms with Crippen LogP contribution in [-0.2, 0) is 0 Å². The lowest BCUT2D eigenvalue weighted by Crippen LogP contribution is -2.34. The third-order valence-electron chi connectivity index (χ3n) is 3.44. The number of carbonyl (C=O) groups excluding carboxylic acids is 2. The lowest BCUT2D eigenvalue weighted by atomic mass is 10.2. The Bertz CT molecular complexity index is 1030. The molecule has 0 aliphatic rings. The van der Waals surface area contributed by atoms with Crippen molar-refractivity contribution in [2.75, 3.05) is 5.32 Å². The molecule has 0 spiro atoms. The van der Waals surface area contributed by atoms with Crippen molar-refractivity contribution >= 4 is 34.6 Å². The van der Waals surface area contributed by atoms with Crippen molar-refractivity contribution in [2.45, 2.75) is 0 Å². The standard InChI is InChI=1S/C17H12N4O5/c22-14-8-10(2-3-11(14)16(24)25)20-17(26)21-15(23)9-1-4-12-13(7-9)19-6-5-18-12/h1-8,22H,(H,24,25)(H2,20,21,23,26). The van der Waals surface area contributed by atoms with Gasteiger partial charge in [0.25, 0.3) is 5.91 Å². The van der Waals surface area contributed by atoms with Gasteiger partial charge in [-0.2, -0.15) is 0 Å². The Kier molecular flexibility index (Phi) is 4.44. The zero-order valence-electron chi connectivity index (χ0n) is 13.1. The smallest absolute Gasteiger partial charge is 0.339 e. The minimum atomic E-state index is -1.30. The highest BCUT2D eigenvalue weighted by molar-refractivity contribution is 6.09. The number of nitrogens with one attached hydrogen (secondary N) is 2. The monoisotopic (exact) mass is 352 g/mol. The number of aromatic nitrogens is 2. The molecule has 1 heterocycles. The Hall–Kier alpha value is -4.01. The Morgan fingerprint density at radius 3 is 2.35 bits per heavy atom. The first kappa shape index (κ1) is 16.8. The van der Waals surface area contributed by atoms with Crippen molar-refractivity contribution in [2.24, 2.45) is 0 Å². The molecular weight excluding hydrogens is 340 g/mol. The molecule has 1 aromatic heterocycles. The van der Waals surface area contributed by atoms with Gasteiger partial charge < -0.3 is 15.5 Å². The number of hydrogen-bond acceptors (Lipinski definition) is 6. The van der Waals surface area contributed by atoms with Gasteiger partial charge in [0.05, 0.1) is 11.0 Å². The summed E-state index contributed by atoms with van der Waals surface area (Å²) in [6.07, 6.45) is 3.02. The summed E-state index contributed by atoms with van der Waals surface area (Å²) in [4.78, 5) is 43.1. The number of aromatic carboxylic acids is 1. The molecule has 9 heteroatoms. The molecule has 0 bridgehead atoms. The maximum Gasteiger partial charge on any atom is 0.339 e. The number of amides is 3. The molecule has 3 rings (SSSR count). The molecule has 0 aliphatic heterocycles. The number of benzene rings is 2. The van der Waals surface area contributed by atoms with Crippen molar-refractivity contribution in [1.82, 2.24) is 15.3 Å². The summed E-state index contributed by atoms with van der Waals surface area (Å²) in [6.45, 7) is 0. The Morgan fingerprint density at radius 2 is 1.65 bits per heavy atom. The molecule has 0 atom stereocenters. The van der Waals surface area contributed by atoms with Gasteiger partial charge in [0.15, 0.2) is 0 Å². The molecule has 2 aromatic carbocycles. The predicted octanol–water partition coefficient (Wildman–Crippen LogP) is 2.00. The van der Waals surface area contributed by atoms with Crippen LogP contribution in [0.1, 0.15) is 20.7 Å². The zero-order chi connectivity index (χ0) is 18.7. The molecular formula is C17H12N4O5. The molecule has 9 nitrogen and oxygen atoms in total. The fraction of sp³-hybridized carbons (Fsp3) is 0. The van der Waals surface area contributed by atoms with Gasteiger partial charge in [0, 0.05) is 29.7 Å². The molecule has 26 heavy (non-hydrogen) atoms. The van der Waals surface area contributed by atoms with Gasteiger partial charge in [-0.25, -0.2) is 9.59 Å². The van der Waals surface area contributed by atoms with Crippen LogP contribution < -0.4 is 10.6 Å². The van der Waals surface area contributed by atoms with Gasteiger partial charge >= 0.3 is 12.0 Å². The van der Waals surface area contributed by atoms with Gasteiger partial charge in [-0.1, -0.05) is 0 Å². The average Bonchev–Trinajstić information content (AvgIpc) is 2.60. The van der Waals surface area contributed by atoms with E-state index in [0.717, 1.165) is 12.1 Å². The fourth-order valence-corrected chi connectivity index (χ4v) is 2.23. The number of rotatable bonds is 3. The molecule has 0 unspecified atom stereocenters. The molecule has 3 amide bonds. The van der Waals surface area contributed by atoms with Gasteiger partial charge in [-0.15, -0.1) is 0 Å². The number of hydrogen-bond donors (Lipinski definition) is 4. The van der Waals surface area contributed by atoms with Crippen molar-refractivity contribution in [1.29, 1.82) is 0 Å². The second kappa shape index (κ2) is 6.85. The first-order chi connectivity index (χ1) is 12.4. The zero-order valence-corrected chi connectivity index (χ0v) is 13.1. The molecule has 0 saturated heterocycles. The summed E-state index contributed by atoms with van der Waals surface area (Å²) >= 11 is 0. The Balaban J connectivity index is 1.69. The molecule has 0 radical (unpaired) electrons. The summed E-state index contributed by atoms with van der Waals surface area (Å²) in [7, 11) is 0. The number of nitrogens with zero attached hydrogens (tertiary/aromatic N) is 2. The predicted molar refractivity (Wildman–Crippen MR) is 91.1 cm³/mol. The number of carbonyl (C=O) groups is 3. The molecule has 4 N–H and O–H groups in total. The van der Waals surface area contributed by atoms with Crippen LogP contribution in [0.3, 0.4) is 0 Å². The third-order valence-corrected chi connectivity index (χ3v) is 3.44. The largest absolute Gasteiger partial charge is 0.507 e. The van der Waals surface area contributed by atoms with Crippen LogP contribution in [0.5, 0.6) is 5.75 Å². The minimum Gasteiger partial charge on any atom is -0.507 e. The number of fused-ring (bicyclic) bond motifs is 1. The van der Waals surface area contributed by atoms with E-state index in [0.29, 0.717) is 11.0 Å². The van der Waals surface area contributed by atoms with Gasteiger partial charge in [-0.3, -0.25) is 20.1 Å². The summed E-state index contributed by atoms with van der Waals surface area (Å²) in [6, 6.07) is 7.27. The number of urea groups is 1. The van der Waals surface area contributed by atoms with Crippen molar-refractivity contribution in [3.05, 3.63) is 59.9 Å². The van der Waals surface area contributed by atoms with E-state index in [2.05, 4.69) is 20.6 Å². The fourth-order valence-electron chi connectivity index (χ4n) is 2.23. The Morgan fingerprint density at radius 1 is 0.923 bits per heavy atom. The van der Waals surface area contributed by atoms with E-state index in [1.54, 1.807) is 6.07 Å². The van der Waals surface area contributed by atoms with E-state index >= 15 is 0 Å². The maximum absolute atomic E-state index is 12.2. The maximum atomic E-state index is 12.2. The van der Waals surface area contributed by atoms with Crippen LogP contribution in [0.15, 0.2) is 48.8 Å². The number of anilines is 1. The first-order valence-electron chi connectivity index (χ1n) is 7.33. The van der Waals surface area contributed by atoms with Crippen LogP contribution in [0.4, 0.5) is 10.5 Å². The average molecular weight is 352 g/mol. The lowest BCUT2D eigenvalue weighted by molar-refractivity contribution is 0.0693. The highest BCUT2D eigenvalue weighted by Gasteiger charge is 2.14. The number of carboxylic acids is 1. The SMILES string of the molecule is O=C(NC(=O)c1ccc2nccnc2c1)Nc1ccc(C(=O)O)c(O)c1. The number of aromatic hydroxyl groups is 1. The number of carboxylic acid groups (broad SMARTS) is 1. The van der Waals surface area contributed by atoms with Crippen molar-refractivity contribution in [3.63, 3.8) is 0 Å². The minimum absolute atomic E-state index is 0.127. The van der Waals surface area contributed by atoms with E-state index in [9.17, 15) is 19.5 Å². The lowest BCUT2D eigenvalue weighted by Gasteiger charge is -2.08. The van der Waals surface area contributed by atoms with E-state index in [1.807, 2.05) is 0 Å². The molecule has 0 fully saturated rings. The highest BCUT2D eigenvalue weighted by atomic mass is 16.4.